The van der Waals surface area contributed by atoms with Gasteiger partial charge in [0, 0.05) is 12.7 Å². The second-order valence-corrected chi connectivity index (χ2v) is 4.17. The van der Waals surface area contributed by atoms with Gasteiger partial charge in [-0.1, -0.05) is 6.07 Å². The van der Waals surface area contributed by atoms with E-state index in [4.69, 9.17) is 0 Å². The largest absolute Gasteiger partial charge is 0.392 e. The van der Waals surface area contributed by atoms with Crippen molar-refractivity contribution in [2.75, 3.05) is 19.6 Å². The number of Topliss-reactive ketones (excluding diaryl/α,β-unsaturated/α-hetero) is 1. The maximum atomic E-state index is 11.8. The zero-order chi connectivity index (χ0) is 11.4. The lowest BCUT2D eigenvalue weighted by Crippen LogP contribution is -2.41. The lowest BCUT2D eigenvalue weighted by Gasteiger charge is -2.29. The van der Waals surface area contributed by atoms with Crippen LogP contribution in [-0.4, -0.2) is 46.5 Å². The number of aromatic nitrogens is 1. The van der Waals surface area contributed by atoms with Crippen molar-refractivity contribution < 1.29 is 9.90 Å². The van der Waals surface area contributed by atoms with Crippen molar-refractivity contribution >= 4 is 5.78 Å². The number of β-amino-alcohol motifs (C(OH)–C–C–N with tert-alkyl or cyclic N) is 1. The first-order valence-electron chi connectivity index (χ1n) is 5.60. The predicted molar refractivity (Wildman–Crippen MR) is 60.2 cm³/mol. The minimum absolute atomic E-state index is 0.0229. The average Bonchev–Trinajstić information content (AvgIpc) is 2.30. The summed E-state index contributed by atoms with van der Waals surface area (Å²) in [7, 11) is 0. The molecule has 0 bridgehead atoms. The molecular formula is C12H16N2O2. The highest BCUT2D eigenvalue weighted by Crippen LogP contribution is 2.10. The highest BCUT2D eigenvalue weighted by atomic mass is 16.3. The first-order valence-corrected chi connectivity index (χ1v) is 5.60. The Morgan fingerprint density at radius 3 is 3.12 bits per heavy atom. The fraction of sp³-hybridized carbons (Fsp3) is 0.500. The molecule has 0 saturated carbocycles. The summed E-state index contributed by atoms with van der Waals surface area (Å²) in [6, 6.07) is 5.33. The molecule has 1 atom stereocenters. The molecule has 0 amide bonds. The maximum absolute atomic E-state index is 11.8. The van der Waals surface area contributed by atoms with Gasteiger partial charge in [-0.2, -0.15) is 0 Å². The number of aliphatic hydroxyl groups is 1. The monoisotopic (exact) mass is 220 g/mol. The normalized spacial score (nSPS) is 21.9. The van der Waals surface area contributed by atoms with Crippen LogP contribution in [0.1, 0.15) is 23.3 Å². The van der Waals surface area contributed by atoms with Crippen LogP contribution in [-0.2, 0) is 0 Å². The van der Waals surface area contributed by atoms with Crippen molar-refractivity contribution in [2.24, 2.45) is 0 Å². The van der Waals surface area contributed by atoms with Crippen molar-refractivity contribution in [3.05, 3.63) is 30.1 Å². The predicted octanol–water partition coefficient (Wildman–Crippen LogP) is 0.721. The summed E-state index contributed by atoms with van der Waals surface area (Å²) in [4.78, 5) is 17.8. The van der Waals surface area contributed by atoms with Crippen molar-refractivity contribution in [1.29, 1.82) is 0 Å². The molecule has 1 unspecified atom stereocenters. The van der Waals surface area contributed by atoms with E-state index in [0.29, 0.717) is 18.8 Å². The zero-order valence-electron chi connectivity index (χ0n) is 9.17. The van der Waals surface area contributed by atoms with Gasteiger partial charge in [0.25, 0.3) is 0 Å². The summed E-state index contributed by atoms with van der Waals surface area (Å²) < 4.78 is 0. The number of piperidine rings is 1. The van der Waals surface area contributed by atoms with Gasteiger partial charge < -0.3 is 5.11 Å². The fourth-order valence-electron chi connectivity index (χ4n) is 1.99. The van der Waals surface area contributed by atoms with Crippen molar-refractivity contribution in [1.82, 2.24) is 9.88 Å². The van der Waals surface area contributed by atoms with Gasteiger partial charge in [-0.15, -0.1) is 0 Å². The van der Waals surface area contributed by atoms with Crippen LogP contribution in [0.25, 0.3) is 0 Å². The molecular weight excluding hydrogens is 204 g/mol. The summed E-state index contributed by atoms with van der Waals surface area (Å²) in [5, 5.41) is 9.49. The first-order chi connectivity index (χ1) is 7.75. The molecule has 1 N–H and O–H groups in total. The molecule has 2 heterocycles. The second-order valence-electron chi connectivity index (χ2n) is 4.17. The molecule has 1 saturated heterocycles. The molecule has 1 fully saturated rings. The molecule has 1 aromatic heterocycles. The Hall–Kier alpha value is -1.26. The van der Waals surface area contributed by atoms with Gasteiger partial charge >= 0.3 is 0 Å². The third-order valence-corrected chi connectivity index (χ3v) is 2.80. The van der Waals surface area contributed by atoms with E-state index in [2.05, 4.69) is 4.98 Å². The Bertz CT molecular complexity index is 353. The van der Waals surface area contributed by atoms with Gasteiger partial charge in [-0.3, -0.25) is 14.7 Å². The summed E-state index contributed by atoms with van der Waals surface area (Å²) in [5.74, 6) is 0.0229. The minimum atomic E-state index is -0.287. The SMILES string of the molecule is O=C(CN1CCCC(O)C1)c1ccccn1. The molecule has 1 aromatic rings. The van der Waals surface area contributed by atoms with Gasteiger partial charge in [-0.05, 0) is 31.5 Å². The quantitative estimate of drug-likeness (QED) is 0.763. The Balaban J connectivity index is 1.92. The maximum Gasteiger partial charge on any atom is 0.195 e. The molecule has 1 aliphatic heterocycles. The Kier molecular flexibility index (Phi) is 3.64. The molecule has 1 aliphatic rings. The van der Waals surface area contributed by atoms with E-state index in [-0.39, 0.29) is 11.9 Å². The smallest absolute Gasteiger partial charge is 0.195 e. The Labute approximate surface area is 94.9 Å². The fourth-order valence-corrected chi connectivity index (χ4v) is 1.99. The highest BCUT2D eigenvalue weighted by Gasteiger charge is 2.20. The standard InChI is InChI=1S/C12H16N2O2/c15-10-4-3-7-14(8-10)9-12(16)11-5-1-2-6-13-11/h1-2,5-6,10,15H,3-4,7-9H2. The third kappa shape index (κ3) is 2.87. The Morgan fingerprint density at radius 1 is 1.56 bits per heavy atom. The van der Waals surface area contributed by atoms with Crippen molar-refractivity contribution in [2.45, 2.75) is 18.9 Å². The summed E-state index contributed by atoms with van der Waals surface area (Å²) >= 11 is 0. The van der Waals surface area contributed by atoms with Crippen LogP contribution >= 0.6 is 0 Å². The van der Waals surface area contributed by atoms with Gasteiger partial charge in [-0.25, -0.2) is 0 Å². The van der Waals surface area contributed by atoms with Gasteiger partial charge in [0.2, 0.25) is 0 Å². The molecule has 4 heteroatoms. The molecule has 0 aliphatic carbocycles. The van der Waals surface area contributed by atoms with Gasteiger partial charge in [0.1, 0.15) is 5.69 Å². The van der Waals surface area contributed by atoms with Crippen LogP contribution in [0.15, 0.2) is 24.4 Å². The van der Waals surface area contributed by atoms with Crippen molar-refractivity contribution in [3.8, 4) is 0 Å². The second kappa shape index (κ2) is 5.18. The van der Waals surface area contributed by atoms with Gasteiger partial charge in [0.05, 0.1) is 12.6 Å². The van der Waals surface area contributed by atoms with Crippen LogP contribution in [0, 0.1) is 0 Å². The van der Waals surface area contributed by atoms with E-state index in [1.54, 1.807) is 18.3 Å². The van der Waals surface area contributed by atoms with Crippen LogP contribution in [0.2, 0.25) is 0 Å². The Morgan fingerprint density at radius 2 is 2.44 bits per heavy atom. The molecule has 0 spiro atoms. The number of likely N-dealkylation sites (tertiary alicyclic amines) is 1. The van der Waals surface area contributed by atoms with Crippen LogP contribution in [0.5, 0.6) is 0 Å². The average molecular weight is 220 g/mol. The van der Waals surface area contributed by atoms with E-state index in [0.717, 1.165) is 19.4 Å². The van der Waals surface area contributed by atoms with Crippen LogP contribution in [0.3, 0.4) is 0 Å². The number of aliphatic hydroxyl groups excluding tert-OH is 1. The van der Waals surface area contributed by atoms with E-state index in [1.807, 2.05) is 11.0 Å². The summed E-state index contributed by atoms with van der Waals surface area (Å²) in [5.41, 5.74) is 0.502. The van der Waals surface area contributed by atoms with E-state index < -0.39 is 0 Å². The van der Waals surface area contributed by atoms with E-state index in [1.165, 1.54) is 0 Å². The van der Waals surface area contributed by atoms with Crippen LogP contribution in [0.4, 0.5) is 0 Å². The zero-order valence-corrected chi connectivity index (χ0v) is 9.17. The topological polar surface area (TPSA) is 53.4 Å². The number of carbonyl (C=O) groups excluding carboxylic acids is 1. The summed E-state index contributed by atoms with van der Waals surface area (Å²) in [6.45, 7) is 1.84. The molecule has 16 heavy (non-hydrogen) atoms. The summed E-state index contributed by atoms with van der Waals surface area (Å²) in [6.07, 6.45) is 3.13. The third-order valence-electron chi connectivity index (χ3n) is 2.80. The number of pyridine rings is 1. The van der Waals surface area contributed by atoms with Crippen molar-refractivity contribution in [3.63, 3.8) is 0 Å². The lowest BCUT2D eigenvalue weighted by molar-refractivity contribution is 0.0632. The number of hydrogen-bond donors (Lipinski definition) is 1. The first kappa shape index (κ1) is 11.2. The van der Waals surface area contributed by atoms with Crippen LogP contribution < -0.4 is 0 Å². The molecule has 0 radical (unpaired) electrons. The molecule has 0 aromatic carbocycles. The van der Waals surface area contributed by atoms with Gasteiger partial charge in [0.15, 0.2) is 5.78 Å². The molecule has 2 rings (SSSR count). The number of hydrogen-bond acceptors (Lipinski definition) is 4. The number of nitrogens with zero attached hydrogens (tertiary/aromatic N) is 2. The van der Waals surface area contributed by atoms with E-state index >= 15 is 0 Å². The number of rotatable bonds is 3. The highest BCUT2D eigenvalue weighted by molar-refractivity contribution is 5.95. The molecule has 4 nitrogen and oxygen atoms in total. The number of carbonyl (C=O) groups is 1. The minimum Gasteiger partial charge on any atom is -0.392 e. The van der Waals surface area contributed by atoms with E-state index in [9.17, 15) is 9.90 Å². The molecule has 86 valence electrons. The lowest BCUT2D eigenvalue weighted by atomic mass is 10.1. The number of ketones is 1.